The molecule has 2 fully saturated rings. The fraction of sp³-hybridized carbons (Fsp3) is 0.357. The SMILES string of the molecule is COc1cc(OC)nc(-c2ccc(NC(=O)c3ccccc3OC(=O)C(F)(F)F)cc2C2CC2NCC2CC2)n1. The van der Waals surface area contributed by atoms with E-state index in [1.807, 2.05) is 0 Å². The van der Waals surface area contributed by atoms with Gasteiger partial charge in [-0.2, -0.15) is 23.1 Å². The van der Waals surface area contributed by atoms with E-state index in [1.54, 1.807) is 24.3 Å². The van der Waals surface area contributed by atoms with E-state index in [4.69, 9.17) is 9.47 Å². The summed E-state index contributed by atoms with van der Waals surface area (Å²) in [5.74, 6) is -1.75. The first-order valence-corrected chi connectivity index (χ1v) is 12.7. The van der Waals surface area contributed by atoms with Crippen molar-refractivity contribution in [2.45, 2.75) is 37.4 Å². The number of benzene rings is 2. The summed E-state index contributed by atoms with van der Waals surface area (Å²) in [6.07, 6.45) is -1.86. The summed E-state index contributed by atoms with van der Waals surface area (Å²) >= 11 is 0. The van der Waals surface area contributed by atoms with Crippen molar-refractivity contribution >= 4 is 17.6 Å². The lowest BCUT2D eigenvalue weighted by atomic mass is 10.0. The van der Waals surface area contributed by atoms with Crippen molar-refractivity contribution in [3.63, 3.8) is 0 Å². The third-order valence-electron chi connectivity index (χ3n) is 6.77. The van der Waals surface area contributed by atoms with Crippen LogP contribution >= 0.6 is 0 Å². The topological polar surface area (TPSA) is 112 Å². The Kier molecular flexibility index (Phi) is 7.61. The van der Waals surface area contributed by atoms with E-state index >= 15 is 0 Å². The van der Waals surface area contributed by atoms with Gasteiger partial charge in [-0.25, -0.2) is 4.79 Å². The normalized spacial score (nSPS) is 18.1. The monoisotopic (exact) mass is 556 g/mol. The van der Waals surface area contributed by atoms with Crippen LogP contribution in [0.2, 0.25) is 0 Å². The maximum atomic E-state index is 13.1. The van der Waals surface area contributed by atoms with Gasteiger partial charge in [-0.15, -0.1) is 0 Å². The van der Waals surface area contributed by atoms with E-state index in [2.05, 4.69) is 25.3 Å². The minimum absolute atomic E-state index is 0.131. The second-order valence-corrected chi connectivity index (χ2v) is 9.72. The van der Waals surface area contributed by atoms with Crippen LogP contribution in [0.5, 0.6) is 17.5 Å². The molecule has 0 bridgehead atoms. The van der Waals surface area contributed by atoms with E-state index < -0.39 is 23.8 Å². The zero-order chi connectivity index (χ0) is 28.4. The van der Waals surface area contributed by atoms with Gasteiger partial charge in [0.1, 0.15) is 5.75 Å². The molecule has 3 aromatic rings. The number of nitrogens with zero attached hydrogens (tertiary/aromatic N) is 2. The highest BCUT2D eigenvalue weighted by Gasteiger charge is 2.42. The largest absolute Gasteiger partial charge is 0.491 e. The summed E-state index contributed by atoms with van der Waals surface area (Å²) in [5.41, 5.74) is 1.80. The van der Waals surface area contributed by atoms with Crippen molar-refractivity contribution in [1.82, 2.24) is 15.3 Å². The summed E-state index contributed by atoms with van der Waals surface area (Å²) in [7, 11) is 2.99. The number of hydrogen-bond donors (Lipinski definition) is 2. The fourth-order valence-electron chi connectivity index (χ4n) is 4.39. The molecule has 210 valence electrons. The van der Waals surface area contributed by atoms with Crippen molar-refractivity contribution in [3.8, 4) is 28.9 Å². The molecule has 5 rings (SSSR count). The molecule has 40 heavy (non-hydrogen) atoms. The number of ether oxygens (including phenoxy) is 3. The molecule has 2 unspecified atom stereocenters. The van der Waals surface area contributed by atoms with Crippen molar-refractivity contribution in [3.05, 3.63) is 59.7 Å². The second-order valence-electron chi connectivity index (χ2n) is 9.72. The molecule has 2 saturated carbocycles. The molecule has 2 aliphatic rings. The Balaban J connectivity index is 1.43. The number of halogens is 3. The number of carbonyl (C=O) groups is 2. The number of amides is 1. The van der Waals surface area contributed by atoms with Crippen LogP contribution in [0, 0.1) is 5.92 Å². The Labute approximate surface area is 228 Å². The van der Waals surface area contributed by atoms with Gasteiger partial charge in [-0.3, -0.25) is 4.79 Å². The van der Waals surface area contributed by atoms with Crippen LogP contribution < -0.4 is 24.8 Å². The first-order chi connectivity index (χ1) is 19.2. The molecule has 0 saturated heterocycles. The molecule has 2 N–H and O–H groups in total. The minimum Gasteiger partial charge on any atom is -0.481 e. The van der Waals surface area contributed by atoms with E-state index in [9.17, 15) is 22.8 Å². The van der Waals surface area contributed by atoms with Gasteiger partial charge in [0.2, 0.25) is 11.8 Å². The predicted molar refractivity (Wildman–Crippen MR) is 139 cm³/mol. The summed E-state index contributed by atoms with van der Waals surface area (Å²) in [5, 5.41) is 6.31. The Morgan fingerprint density at radius 1 is 1.00 bits per heavy atom. The predicted octanol–water partition coefficient (Wildman–Crippen LogP) is 4.74. The Bertz CT molecular complexity index is 1410. The molecule has 1 heterocycles. The number of rotatable bonds is 10. The number of hydrogen-bond acceptors (Lipinski definition) is 8. The number of methoxy groups -OCH3 is 2. The van der Waals surface area contributed by atoms with Gasteiger partial charge in [-0.05, 0) is 67.6 Å². The molecule has 9 nitrogen and oxygen atoms in total. The summed E-state index contributed by atoms with van der Waals surface area (Å²) < 4.78 is 53.3. The number of anilines is 1. The number of alkyl halides is 3. The standard InChI is InChI=1S/C28H27F3N4O5/c1-38-23-13-24(39-2)35-25(34-23)17-10-9-16(11-19(17)20-12-21(20)32-14-15-7-8-15)33-26(36)18-5-3-4-6-22(18)40-27(37)28(29,30)31/h3-6,9-11,13,15,20-21,32H,7-8,12,14H2,1-2H3,(H,33,36). The summed E-state index contributed by atoms with van der Waals surface area (Å²) in [4.78, 5) is 33.4. The number of para-hydroxylation sites is 1. The molecule has 12 heteroatoms. The first kappa shape index (κ1) is 27.4. The smallest absolute Gasteiger partial charge is 0.481 e. The van der Waals surface area contributed by atoms with Crippen LogP contribution in [0.4, 0.5) is 18.9 Å². The van der Waals surface area contributed by atoms with E-state index in [0.717, 1.165) is 30.2 Å². The summed E-state index contributed by atoms with van der Waals surface area (Å²) in [6.45, 7) is 0.948. The quantitative estimate of drug-likeness (QED) is 0.272. The van der Waals surface area contributed by atoms with Gasteiger partial charge >= 0.3 is 12.1 Å². The highest BCUT2D eigenvalue weighted by molar-refractivity contribution is 6.06. The van der Waals surface area contributed by atoms with Crippen LogP contribution in [0.15, 0.2) is 48.5 Å². The van der Waals surface area contributed by atoms with Gasteiger partial charge in [0.25, 0.3) is 5.91 Å². The molecule has 0 spiro atoms. The van der Waals surface area contributed by atoms with E-state index in [-0.39, 0.29) is 17.5 Å². The third kappa shape index (κ3) is 6.33. The highest BCUT2D eigenvalue weighted by Crippen LogP contribution is 2.46. The van der Waals surface area contributed by atoms with Gasteiger partial charge in [0.15, 0.2) is 5.82 Å². The molecule has 2 aliphatic carbocycles. The maximum Gasteiger partial charge on any atom is 0.491 e. The summed E-state index contributed by atoms with van der Waals surface area (Å²) in [6, 6.07) is 12.3. The van der Waals surface area contributed by atoms with Gasteiger partial charge in [-0.1, -0.05) is 12.1 Å². The molecule has 1 aromatic heterocycles. The average molecular weight is 557 g/mol. The lowest BCUT2D eigenvalue weighted by molar-refractivity contribution is -0.189. The average Bonchev–Trinajstić information content (AvgIpc) is 3.87. The Morgan fingerprint density at radius 2 is 1.70 bits per heavy atom. The zero-order valence-electron chi connectivity index (χ0n) is 21.7. The van der Waals surface area contributed by atoms with Gasteiger partial charge in [0, 0.05) is 23.2 Å². The molecule has 1 amide bonds. The third-order valence-corrected chi connectivity index (χ3v) is 6.77. The highest BCUT2D eigenvalue weighted by atomic mass is 19.4. The van der Waals surface area contributed by atoms with E-state index in [1.165, 1.54) is 45.3 Å². The van der Waals surface area contributed by atoms with Crippen molar-refractivity contribution in [1.29, 1.82) is 0 Å². The number of aromatic nitrogens is 2. The first-order valence-electron chi connectivity index (χ1n) is 12.7. The number of nitrogens with one attached hydrogen (secondary N) is 2. The molecule has 0 radical (unpaired) electrons. The van der Waals surface area contributed by atoms with Crippen molar-refractivity contribution < 1.29 is 37.0 Å². The van der Waals surface area contributed by atoms with E-state index in [0.29, 0.717) is 29.2 Å². The number of carbonyl (C=O) groups excluding carboxylic acids is 2. The number of esters is 1. The second kappa shape index (κ2) is 11.1. The Hall–Kier alpha value is -4.19. The molecular formula is C28H27F3N4O5. The van der Waals surface area contributed by atoms with Crippen LogP contribution in [-0.4, -0.2) is 54.8 Å². The van der Waals surface area contributed by atoms with Crippen molar-refractivity contribution in [2.24, 2.45) is 5.92 Å². The molecule has 2 aromatic carbocycles. The lowest BCUT2D eigenvalue weighted by Gasteiger charge is -2.15. The zero-order valence-corrected chi connectivity index (χ0v) is 21.7. The van der Waals surface area contributed by atoms with Crippen molar-refractivity contribution in [2.75, 3.05) is 26.1 Å². The molecule has 0 aliphatic heterocycles. The minimum atomic E-state index is -5.20. The lowest BCUT2D eigenvalue weighted by Crippen LogP contribution is -2.28. The molecular weight excluding hydrogens is 529 g/mol. The Morgan fingerprint density at radius 3 is 2.35 bits per heavy atom. The van der Waals surface area contributed by atoms with Gasteiger partial charge in [0.05, 0.1) is 25.8 Å². The molecule has 2 atom stereocenters. The fourth-order valence-corrected chi connectivity index (χ4v) is 4.39. The van der Waals surface area contributed by atoms with Crippen LogP contribution in [-0.2, 0) is 4.79 Å². The van der Waals surface area contributed by atoms with Crippen LogP contribution in [0.1, 0.15) is 41.1 Å². The van der Waals surface area contributed by atoms with Crippen LogP contribution in [0.3, 0.4) is 0 Å². The maximum absolute atomic E-state index is 13.1. The van der Waals surface area contributed by atoms with Crippen LogP contribution in [0.25, 0.3) is 11.4 Å². The van der Waals surface area contributed by atoms with Gasteiger partial charge < -0.3 is 24.8 Å².